The van der Waals surface area contributed by atoms with Crippen LogP contribution in [0.3, 0.4) is 0 Å². The fourth-order valence-corrected chi connectivity index (χ4v) is 10.5. The molecule has 4 saturated carbocycles. The van der Waals surface area contributed by atoms with Gasteiger partial charge in [-0.3, -0.25) is 0 Å². The molecular formula is C27H44O4. The van der Waals surface area contributed by atoms with E-state index in [1.165, 1.54) is 51.4 Å². The fourth-order valence-electron chi connectivity index (χ4n) is 10.5. The molecule has 6 fully saturated rings. The fraction of sp³-hybridized carbons (Fsp3) is 1.00. The molecule has 2 heterocycles. The molecule has 2 N–H and O–H groups in total. The van der Waals surface area contributed by atoms with Gasteiger partial charge in [-0.1, -0.05) is 40.5 Å². The zero-order chi connectivity index (χ0) is 21.8. The Labute approximate surface area is 188 Å². The van der Waals surface area contributed by atoms with Gasteiger partial charge in [0.15, 0.2) is 0 Å². The molecule has 4 aliphatic carbocycles. The van der Waals surface area contributed by atoms with Gasteiger partial charge in [0.2, 0.25) is 11.6 Å². The van der Waals surface area contributed by atoms with Gasteiger partial charge in [-0.15, -0.1) is 0 Å². The summed E-state index contributed by atoms with van der Waals surface area (Å²) >= 11 is 0. The zero-order valence-electron chi connectivity index (χ0n) is 20.1. The monoisotopic (exact) mass is 432 g/mol. The molecule has 0 spiro atoms. The SMILES string of the molecule is CC1CO[C@](O)([C@@]2(O)O[C@H]3C[C@H]4[C@@H]5CCC6CCCC[C@]6(C)[C@H]5CC[C@]4(C)[C@H]3[C@@H]2C)C1. The maximum atomic E-state index is 11.7. The highest BCUT2D eigenvalue weighted by Gasteiger charge is 2.73. The first kappa shape index (κ1) is 21.4. The van der Waals surface area contributed by atoms with Gasteiger partial charge in [0.25, 0.3) is 0 Å². The molecule has 2 aliphatic heterocycles. The minimum absolute atomic E-state index is 0.0502. The van der Waals surface area contributed by atoms with Crippen molar-refractivity contribution < 1.29 is 19.7 Å². The number of fused-ring (bicyclic) bond motifs is 7. The van der Waals surface area contributed by atoms with Gasteiger partial charge in [0, 0.05) is 12.3 Å². The van der Waals surface area contributed by atoms with Crippen LogP contribution in [0.25, 0.3) is 0 Å². The van der Waals surface area contributed by atoms with Gasteiger partial charge in [-0.2, -0.15) is 0 Å². The Morgan fingerprint density at radius 3 is 2.42 bits per heavy atom. The molecule has 4 nitrogen and oxygen atoms in total. The molecule has 176 valence electrons. The molecule has 12 atom stereocenters. The molecule has 0 bridgehead atoms. The number of ether oxygens (including phenoxy) is 2. The summed E-state index contributed by atoms with van der Waals surface area (Å²) in [4.78, 5) is 0. The molecule has 6 rings (SSSR count). The van der Waals surface area contributed by atoms with Crippen LogP contribution in [-0.4, -0.2) is 34.5 Å². The van der Waals surface area contributed by atoms with Crippen molar-refractivity contribution in [2.45, 2.75) is 110 Å². The lowest BCUT2D eigenvalue weighted by Crippen LogP contribution is -2.59. The summed E-state index contributed by atoms with van der Waals surface area (Å²) in [6.07, 6.45) is 12.7. The van der Waals surface area contributed by atoms with Gasteiger partial charge in [-0.05, 0) is 91.3 Å². The minimum Gasteiger partial charge on any atom is -0.361 e. The molecule has 4 heteroatoms. The van der Waals surface area contributed by atoms with Crippen LogP contribution in [0.2, 0.25) is 0 Å². The van der Waals surface area contributed by atoms with E-state index in [0.29, 0.717) is 30.3 Å². The minimum atomic E-state index is -1.58. The molecule has 0 amide bonds. The van der Waals surface area contributed by atoms with E-state index in [4.69, 9.17) is 9.47 Å². The second-order valence-corrected chi connectivity index (χ2v) is 13.3. The second kappa shape index (κ2) is 6.71. The summed E-state index contributed by atoms with van der Waals surface area (Å²) < 4.78 is 12.3. The molecule has 6 aliphatic rings. The highest BCUT2D eigenvalue weighted by Crippen LogP contribution is 2.71. The maximum Gasteiger partial charge on any atom is 0.224 e. The molecule has 0 aromatic rings. The molecule has 0 radical (unpaired) electrons. The first-order valence-electron chi connectivity index (χ1n) is 13.4. The highest BCUT2D eigenvalue weighted by molar-refractivity contribution is 5.16. The summed E-state index contributed by atoms with van der Waals surface area (Å²) in [7, 11) is 0. The topological polar surface area (TPSA) is 58.9 Å². The normalized spacial score (nSPS) is 63.3. The lowest BCUT2D eigenvalue weighted by Gasteiger charge is -2.61. The van der Waals surface area contributed by atoms with Crippen molar-refractivity contribution in [2.24, 2.45) is 52.3 Å². The molecule has 0 aromatic carbocycles. The average molecular weight is 433 g/mol. The average Bonchev–Trinajstić information content (AvgIpc) is 3.32. The summed E-state index contributed by atoms with van der Waals surface area (Å²) in [5, 5.41) is 23.0. The second-order valence-electron chi connectivity index (χ2n) is 13.3. The Morgan fingerprint density at radius 1 is 0.871 bits per heavy atom. The van der Waals surface area contributed by atoms with Crippen molar-refractivity contribution in [3.8, 4) is 0 Å². The van der Waals surface area contributed by atoms with E-state index >= 15 is 0 Å². The van der Waals surface area contributed by atoms with Gasteiger partial charge in [0.1, 0.15) is 0 Å². The predicted octanol–water partition coefficient (Wildman–Crippen LogP) is 5.11. The third-order valence-electron chi connectivity index (χ3n) is 11.9. The van der Waals surface area contributed by atoms with Gasteiger partial charge in [0.05, 0.1) is 12.7 Å². The number of hydrogen-bond acceptors (Lipinski definition) is 4. The summed E-state index contributed by atoms with van der Waals surface area (Å²) in [5.41, 5.74) is 0.755. The van der Waals surface area contributed by atoms with Gasteiger partial charge in [-0.25, -0.2) is 0 Å². The van der Waals surface area contributed by atoms with Crippen LogP contribution in [0, 0.1) is 52.3 Å². The van der Waals surface area contributed by atoms with E-state index in [9.17, 15) is 10.2 Å². The largest absolute Gasteiger partial charge is 0.361 e. The number of hydrogen-bond donors (Lipinski definition) is 2. The summed E-state index contributed by atoms with van der Waals surface area (Å²) in [6.45, 7) is 9.82. The van der Waals surface area contributed by atoms with Crippen molar-refractivity contribution in [3.05, 3.63) is 0 Å². The molecular weight excluding hydrogens is 388 g/mol. The first-order chi connectivity index (χ1) is 14.6. The van der Waals surface area contributed by atoms with Crippen LogP contribution < -0.4 is 0 Å². The number of rotatable bonds is 1. The van der Waals surface area contributed by atoms with Crippen LogP contribution >= 0.6 is 0 Å². The van der Waals surface area contributed by atoms with Crippen LogP contribution in [0.5, 0.6) is 0 Å². The summed E-state index contributed by atoms with van der Waals surface area (Å²) in [6, 6.07) is 0. The zero-order valence-corrected chi connectivity index (χ0v) is 20.1. The quantitative estimate of drug-likeness (QED) is 0.604. The van der Waals surface area contributed by atoms with Crippen molar-refractivity contribution in [3.63, 3.8) is 0 Å². The standard InChI is InChI=1S/C27H44O4/c1-16-14-26(28,30-15-16)27(29)17(2)23-22(31-27)13-21-19-9-8-18-7-5-6-11-24(18,3)20(19)10-12-25(21,23)4/h16-23,28-29H,5-15H2,1-4H3/t16?,17-,18?,19+,20-,21-,22-,23-,24-,25-,26-,27-/m0/s1. The van der Waals surface area contributed by atoms with Crippen LogP contribution in [0.4, 0.5) is 0 Å². The van der Waals surface area contributed by atoms with Crippen molar-refractivity contribution in [2.75, 3.05) is 6.61 Å². The van der Waals surface area contributed by atoms with E-state index in [1.807, 2.05) is 0 Å². The third kappa shape index (κ3) is 2.63. The predicted molar refractivity (Wildman–Crippen MR) is 119 cm³/mol. The van der Waals surface area contributed by atoms with Crippen LogP contribution in [0.15, 0.2) is 0 Å². The van der Waals surface area contributed by atoms with E-state index in [-0.39, 0.29) is 23.4 Å². The first-order valence-corrected chi connectivity index (χ1v) is 13.4. The Morgan fingerprint density at radius 2 is 1.68 bits per heavy atom. The Balaban J connectivity index is 1.28. The third-order valence-corrected chi connectivity index (χ3v) is 11.9. The van der Waals surface area contributed by atoms with Gasteiger partial charge < -0.3 is 19.7 Å². The lowest BCUT2D eigenvalue weighted by molar-refractivity contribution is -0.378. The molecule has 2 unspecified atom stereocenters. The molecule has 31 heavy (non-hydrogen) atoms. The molecule has 2 saturated heterocycles. The van der Waals surface area contributed by atoms with Crippen molar-refractivity contribution in [1.82, 2.24) is 0 Å². The van der Waals surface area contributed by atoms with E-state index < -0.39 is 11.6 Å². The smallest absolute Gasteiger partial charge is 0.224 e. The Hall–Kier alpha value is -0.160. The van der Waals surface area contributed by atoms with E-state index in [1.54, 1.807) is 0 Å². The van der Waals surface area contributed by atoms with Crippen LogP contribution in [0.1, 0.15) is 91.9 Å². The molecule has 0 aromatic heterocycles. The van der Waals surface area contributed by atoms with E-state index in [0.717, 1.165) is 24.2 Å². The van der Waals surface area contributed by atoms with Gasteiger partial charge >= 0.3 is 0 Å². The lowest BCUT2D eigenvalue weighted by atomic mass is 9.44. The van der Waals surface area contributed by atoms with Crippen molar-refractivity contribution in [1.29, 1.82) is 0 Å². The van der Waals surface area contributed by atoms with Crippen LogP contribution in [-0.2, 0) is 9.47 Å². The maximum absolute atomic E-state index is 11.7. The van der Waals surface area contributed by atoms with E-state index in [2.05, 4.69) is 27.7 Å². The number of aliphatic hydroxyl groups is 2. The van der Waals surface area contributed by atoms with Crippen molar-refractivity contribution >= 4 is 0 Å². The summed E-state index contributed by atoms with van der Waals surface area (Å²) in [5.74, 6) is 0.645. The highest BCUT2D eigenvalue weighted by atomic mass is 16.7. The Kier molecular flexibility index (Phi) is 4.62. The Bertz CT molecular complexity index is 739.